The Hall–Kier alpha value is -1.10. The Morgan fingerprint density at radius 2 is 1.89 bits per heavy atom. The first kappa shape index (κ1) is 13.3. The standard InChI is InChI=1S/C13H9BrClFO2/c14-10-6-9(16)2-4-12(10)18-13-3-1-8(7-17)5-11(13)15/h1-6,17H,7H2. The van der Waals surface area contributed by atoms with E-state index in [4.69, 9.17) is 21.4 Å². The Kier molecular flexibility index (Phi) is 4.22. The molecule has 0 heterocycles. The minimum absolute atomic E-state index is 0.0831. The van der Waals surface area contributed by atoms with Crippen molar-refractivity contribution in [3.8, 4) is 11.5 Å². The first-order valence-corrected chi connectivity index (χ1v) is 6.29. The molecule has 18 heavy (non-hydrogen) atoms. The highest BCUT2D eigenvalue weighted by atomic mass is 79.9. The molecule has 0 aliphatic rings. The average Bonchev–Trinajstić information content (AvgIpc) is 2.34. The topological polar surface area (TPSA) is 29.5 Å². The molecule has 2 aromatic carbocycles. The summed E-state index contributed by atoms with van der Waals surface area (Å²) in [6, 6.07) is 9.10. The molecule has 1 N–H and O–H groups in total. The number of hydrogen-bond acceptors (Lipinski definition) is 2. The van der Waals surface area contributed by atoms with E-state index >= 15 is 0 Å². The summed E-state index contributed by atoms with van der Waals surface area (Å²) in [4.78, 5) is 0. The van der Waals surface area contributed by atoms with E-state index in [1.54, 1.807) is 18.2 Å². The fraction of sp³-hybridized carbons (Fsp3) is 0.0769. The van der Waals surface area contributed by atoms with Gasteiger partial charge in [-0.2, -0.15) is 0 Å². The van der Waals surface area contributed by atoms with Gasteiger partial charge in [-0.15, -0.1) is 0 Å². The lowest BCUT2D eigenvalue weighted by molar-refractivity contribution is 0.281. The number of benzene rings is 2. The lowest BCUT2D eigenvalue weighted by atomic mass is 10.2. The molecule has 0 bridgehead atoms. The molecule has 0 unspecified atom stereocenters. The lowest BCUT2D eigenvalue weighted by Gasteiger charge is -2.10. The quantitative estimate of drug-likeness (QED) is 0.895. The van der Waals surface area contributed by atoms with Crippen LogP contribution < -0.4 is 4.74 Å². The molecule has 0 spiro atoms. The minimum atomic E-state index is -0.351. The molecule has 2 rings (SSSR count). The highest BCUT2D eigenvalue weighted by Gasteiger charge is 2.07. The Bertz CT molecular complexity index is 575. The molecule has 0 amide bonds. The van der Waals surface area contributed by atoms with E-state index in [0.29, 0.717) is 26.6 Å². The van der Waals surface area contributed by atoms with Crippen molar-refractivity contribution < 1.29 is 14.2 Å². The van der Waals surface area contributed by atoms with Crippen LogP contribution in [0.3, 0.4) is 0 Å². The second kappa shape index (κ2) is 5.69. The average molecular weight is 332 g/mol. The van der Waals surface area contributed by atoms with Crippen molar-refractivity contribution in [3.63, 3.8) is 0 Å². The maximum Gasteiger partial charge on any atom is 0.146 e. The predicted octanol–water partition coefficient (Wildman–Crippen LogP) is 4.53. The third kappa shape index (κ3) is 3.02. The second-order valence-corrected chi connectivity index (χ2v) is 4.86. The number of hydrogen-bond donors (Lipinski definition) is 1. The van der Waals surface area contributed by atoms with Gasteiger partial charge in [0.05, 0.1) is 16.1 Å². The smallest absolute Gasteiger partial charge is 0.146 e. The number of halogens is 3. The Morgan fingerprint density at radius 1 is 1.17 bits per heavy atom. The van der Waals surface area contributed by atoms with Gasteiger partial charge in [-0.1, -0.05) is 17.7 Å². The normalized spacial score (nSPS) is 10.4. The van der Waals surface area contributed by atoms with Crippen LogP contribution >= 0.6 is 27.5 Å². The predicted molar refractivity (Wildman–Crippen MR) is 71.5 cm³/mol. The van der Waals surface area contributed by atoms with Crippen molar-refractivity contribution in [2.75, 3.05) is 0 Å². The second-order valence-electron chi connectivity index (χ2n) is 3.60. The summed E-state index contributed by atoms with van der Waals surface area (Å²) in [5.41, 5.74) is 0.700. The van der Waals surface area contributed by atoms with Crippen LogP contribution in [-0.4, -0.2) is 5.11 Å². The van der Waals surface area contributed by atoms with Crippen molar-refractivity contribution in [2.45, 2.75) is 6.61 Å². The van der Waals surface area contributed by atoms with E-state index in [-0.39, 0.29) is 12.4 Å². The van der Waals surface area contributed by atoms with Gasteiger partial charge in [0.15, 0.2) is 0 Å². The van der Waals surface area contributed by atoms with Gasteiger partial charge in [-0.3, -0.25) is 0 Å². The highest BCUT2D eigenvalue weighted by molar-refractivity contribution is 9.10. The largest absolute Gasteiger partial charge is 0.455 e. The van der Waals surface area contributed by atoms with Gasteiger partial charge in [0, 0.05) is 0 Å². The summed E-state index contributed by atoms with van der Waals surface area (Å²) in [6.07, 6.45) is 0. The van der Waals surface area contributed by atoms with Gasteiger partial charge in [-0.05, 0) is 51.8 Å². The summed E-state index contributed by atoms with van der Waals surface area (Å²) >= 11 is 9.23. The summed E-state index contributed by atoms with van der Waals surface area (Å²) in [5, 5.41) is 9.36. The summed E-state index contributed by atoms with van der Waals surface area (Å²) in [7, 11) is 0. The first-order valence-electron chi connectivity index (χ1n) is 5.12. The molecule has 0 saturated carbocycles. The third-order valence-electron chi connectivity index (χ3n) is 2.29. The van der Waals surface area contributed by atoms with Crippen LogP contribution in [0.5, 0.6) is 11.5 Å². The van der Waals surface area contributed by atoms with Gasteiger partial charge in [-0.25, -0.2) is 4.39 Å². The van der Waals surface area contributed by atoms with Crippen molar-refractivity contribution >= 4 is 27.5 Å². The Balaban J connectivity index is 2.28. The van der Waals surface area contributed by atoms with Gasteiger partial charge in [0.2, 0.25) is 0 Å². The lowest BCUT2D eigenvalue weighted by Crippen LogP contribution is -1.89. The Morgan fingerprint density at radius 3 is 2.50 bits per heavy atom. The zero-order valence-corrected chi connectivity index (χ0v) is 11.5. The molecule has 0 aromatic heterocycles. The molecule has 0 aliphatic heterocycles. The monoisotopic (exact) mass is 330 g/mol. The summed E-state index contributed by atoms with van der Waals surface area (Å²) in [5.74, 6) is 0.562. The fourth-order valence-electron chi connectivity index (χ4n) is 1.40. The molecule has 2 aromatic rings. The molecule has 94 valence electrons. The minimum Gasteiger partial charge on any atom is -0.455 e. The maximum atomic E-state index is 12.9. The molecule has 0 atom stereocenters. The number of aliphatic hydroxyl groups excluding tert-OH is 1. The SMILES string of the molecule is OCc1ccc(Oc2ccc(F)cc2Br)c(Cl)c1. The Labute approximate surface area is 117 Å². The maximum absolute atomic E-state index is 12.9. The fourth-order valence-corrected chi connectivity index (χ4v) is 2.08. The molecule has 0 aliphatic carbocycles. The van der Waals surface area contributed by atoms with Crippen molar-refractivity contribution in [2.24, 2.45) is 0 Å². The van der Waals surface area contributed by atoms with E-state index in [0.717, 1.165) is 0 Å². The first-order chi connectivity index (χ1) is 8.60. The molecular formula is C13H9BrClFO2. The van der Waals surface area contributed by atoms with Gasteiger partial charge in [0.1, 0.15) is 17.3 Å². The highest BCUT2D eigenvalue weighted by Crippen LogP contribution is 2.34. The molecule has 5 heteroatoms. The summed E-state index contributed by atoms with van der Waals surface area (Å²) < 4.78 is 19.0. The third-order valence-corrected chi connectivity index (χ3v) is 3.21. The van der Waals surface area contributed by atoms with Crippen molar-refractivity contribution in [1.29, 1.82) is 0 Å². The summed E-state index contributed by atoms with van der Waals surface area (Å²) in [6.45, 7) is -0.0831. The van der Waals surface area contributed by atoms with E-state index < -0.39 is 0 Å². The zero-order valence-electron chi connectivity index (χ0n) is 9.16. The number of rotatable bonds is 3. The van der Waals surface area contributed by atoms with Crippen LogP contribution in [0.15, 0.2) is 40.9 Å². The van der Waals surface area contributed by atoms with Crippen LogP contribution in [0.25, 0.3) is 0 Å². The number of aliphatic hydroxyl groups is 1. The molecule has 0 radical (unpaired) electrons. The molecule has 0 fully saturated rings. The van der Waals surface area contributed by atoms with Crippen molar-refractivity contribution in [3.05, 3.63) is 57.3 Å². The molecular weight excluding hydrogens is 322 g/mol. The van der Waals surface area contributed by atoms with E-state index in [9.17, 15) is 4.39 Å². The van der Waals surface area contributed by atoms with Crippen LogP contribution in [0, 0.1) is 5.82 Å². The van der Waals surface area contributed by atoms with Crippen LogP contribution in [-0.2, 0) is 6.61 Å². The molecule has 2 nitrogen and oxygen atoms in total. The van der Waals surface area contributed by atoms with Gasteiger partial charge in [0.25, 0.3) is 0 Å². The van der Waals surface area contributed by atoms with E-state index in [1.165, 1.54) is 18.2 Å². The van der Waals surface area contributed by atoms with Crippen LogP contribution in [0.1, 0.15) is 5.56 Å². The van der Waals surface area contributed by atoms with E-state index in [2.05, 4.69) is 15.9 Å². The van der Waals surface area contributed by atoms with Crippen LogP contribution in [0.2, 0.25) is 5.02 Å². The van der Waals surface area contributed by atoms with Crippen LogP contribution in [0.4, 0.5) is 4.39 Å². The zero-order chi connectivity index (χ0) is 13.1. The van der Waals surface area contributed by atoms with Crippen molar-refractivity contribution in [1.82, 2.24) is 0 Å². The van der Waals surface area contributed by atoms with E-state index in [1.807, 2.05) is 0 Å². The van der Waals surface area contributed by atoms with Gasteiger partial charge < -0.3 is 9.84 Å². The molecule has 0 saturated heterocycles. The number of ether oxygens (including phenoxy) is 1. The van der Waals surface area contributed by atoms with Gasteiger partial charge >= 0.3 is 0 Å².